The van der Waals surface area contributed by atoms with Gasteiger partial charge in [0.25, 0.3) is 11.8 Å². The number of nitrogens with zero attached hydrogens (tertiary/aromatic N) is 3. The highest BCUT2D eigenvalue weighted by Gasteiger charge is 2.29. The number of amides is 3. The van der Waals surface area contributed by atoms with Crippen LogP contribution in [-0.2, 0) is 21.5 Å². The van der Waals surface area contributed by atoms with Crippen LogP contribution in [0.5, 0.6) is 0 Å². The summed E-state index contributed by atoms with van der Waals surface area (Å²) in [5.41, 5.74) is 0.969. The normalized spacial score (nSPS) is 15.6. The zero-order chi connectivity index (χ0) is 29.0. The van der Waals surface area contributed by atoms with Gasteiger partial charge in [-0.1, -0.05) is 41.9 Å². The van der Waals surface area contributed by atoms with E-state index in [1.54, 1.807) is 53.8 Å². The number of hydrogen-bond acceptors (Lipinski definition) is 5. The monoisotopic (exact) mass is 602 g/mol. The number of carbonyl (C=O) groups excluding carboxylic acids is 3. The summed E-state index contributed by atoms with van der Waals surface area (Å²) >= 11 is 12.3. The highest BCUT2D eigenvalue weighted by molar-refractivity contribution is 7.98. The molecule has 40 heavy (non-hydrogen) atoms. The molecule has 0 spiro atoms. The third-order valence-electron chi connectivity index (χ3n) is 6.45. The van der Waals surface area contributed by atoms with Gasteiger partial charge in [0.05, 0.1) is 37.2 Å². The summed E-state index contributed by atoms with van der Waals surface area (Å²) in [5, 5.41) is 12.8. The van der Waals surface area contributed by atoms with Gasteiger partial charge in [-0.25, -0.2) is 8.51 Å². The molecule has 2 heterocycles. The molecule has 0 bridgehead atoms. The fourth-order valence-corrected chi connectivity index (χ4v) is 6.63. The lowest BCUT2D eigenvalue weighted by atomic mass is 10.1. The molecule has 1 aromatic heterocycles. The van der Waals surface area contributed by atoms with Crippen molar-refractivity contribution in [3.8, 4) is 0 Å². The molecule has 1 aliphatic rings. The second kappa shape index (κ2) is 12.3. The second-order valence-electron chi connectivity index (χ2n) is 9.12. The lowest BCUT2D eigenvalue weighted by Gasteiger charge is -2.34. The number of rotatable bonds is 8. The van der Waals surface area contributed by atoms with Gasteiger partial charge in [0, 0.05) is 36.8 Å². The van der Waals surface area contributed by atoms with Gasteiger partial charge in [0.2, 0.25) is 5.91 Å². The minimum Gasteiger partial charge on any atom is -0.348 e. The first kappa shape index (κ1) is 29.3. The van der Waals surface area contributed by atoms with Crippen LogP contribution in [0.15, 0.2) is 66.2 Å². The van der Waals surface area contributed by atoms with E-state index in [1.165, 1.54) is 10.9 Å². The van der Waals surface area contributed by atoms with Crippen molar-refractivity contribution >= 4 is 67.9 Å². The Labute approximate surface area is 242 Å². The second-order valence-corrected chi connectivity index (χ2v) is 12.2. The highest BCUT2D eigenvalue weighted by atomic mass is 35.5. The van der Waals surface area contributed by atoms with Crippen molar-refractivity contribution in [2.45, 2.75) is 23.8 Å². The summed E-state index contributed by atoms with van der Waals surface area (Å²) in [5.74, 6) is 2.63. The lowest BCUT2D eigenvalue weighted by molar-refractivity contribution is -0.111. The first-order valence-corrected chi connectivity index (χ1v) is 14.7. The molecule has 1 aliphatic heterocycles. The zero-order valence-electron chi connectivity index (χ0n) is 21.7. The Morgan fingerprint density at radius 2 is 1.70 bits per heavy atom. The number of aryl methyl sites for hydroxylation is 1. The minimum absolute atomic E-state index is 0.0961. The molecule has 0 aliphatic carbocycles. The van der Waals surface area contributed by atoms with E-state index in [4.69, 9.17) is 23.2 Å². The van der Waals surface area contributed by atoms with Gasteiger partial charge >= 0.3 is 0 Å². The van der Waals surface area contributed by atoms with Gasteiger partial charge in [-0.05, 0) is 55.1 Å². The zero-order valence-corrected chi connectivity index (χ0v) is 24.0. The fourth-order valence-electron chi connectivity index (χ4n) is 4.36. The highest BCUT2D eigenvalue weighted by Crippen LogP contribution is 2.27. The van der Waals surface area contributed by atoms with Gasteiger partial charge in [-0.3, -0.25) is 19.1 Å². The number of piperidine rings is 1. The molecule has 210 valence electrons. The van der Waals surface area contributed by atoms with Crippen LogP contribution in [0, 0.1) is 0 Å². The third kappa shape index (κ3) is 6.39. The molecular formula is C27H28Cl2N6O4S. The van der Waals surface area contributed by atoms with Crippen LogP contribution in [0.25, 0.3) is 0 Å². The summed E-state index contributed by atoms with van der Waals surface area (Å²) in [4.78, 5) is 38.2. The standard InChI is InChI=1S/C27H28Cl2N6O4S/c1-4-23(36)31-18-7-5-8-19(15-18)40(3,39)35-13-11-17(12-14-35)32-27(38)25-22(16-30-34(25)2)33-26(37)24-20(28)9-6-10-21(24)29/h4-10,15-17H,1,3,11-14H2,2H3,(H,31,36)(H,32,38)(H,33,37). The lowest BCUT2D eigenvalue weighted by Crippen LogP contribution is -2.46. The summed E-state index contributed by atoms with van der Waals surface area (Å²) in [6.07, 6.45) is 3.59. The molecule has 0 radical (unpaired) electrons. The van der Waals surface area contributed by atoms with Crippen molar-refractivity contribution in [1.82, 2.24) is 19.4 Å². The molecule has 1 atom stereocenters. The number of halogens is 2. The predicted molar refractivity (Wildman–Crippen MR) is 158 cm³/mol. The van der Waals surface area contributed by atoms with E-state index < -0.39 is 21.5 Å². The number of hydrogen-bond donors (Lipinski definition) is 3. The molecular weight excluding hydrogens is 575 g/mol. The van der Waals surface area contributed by atoms with E-state index in [0.717, 1.165) is 6.08 Å². The molecule has 13 heteroatoms. The van der Waals surface area contributed by atoms with Crippen LogP contribution in [0.3, 0.4) is 0 Å². The molecule has 10 nitrogen and oxygen atoms in total. The van der Waals surface area contributed by atoms with Crippen LogP contribution in [0.4, 0.5) is 11.4 Å². The third-order valence-corrected chi connectivity index (χ3v) is 9.27. The Balaban J connectivity index is 1.40. The molecule has 4 rings (SSSR count). The van der Waals surface area contributed by atoms with Gasteiger partial charge in [-0.15, -0.1) is 0 Å². The molecule has 3 aromatic rings. The molecule has 3 N–H and O–H groups in total. The van der Waals surface area contributed by atoms with Crippen molar-refractivity contribution in [3.05, 3.63) is 82.6 Å². The van der Waals surface area contributed by atoms with Crippen LogP contribution in [-0.4, -0.2) is 61.0 Å². The summed E-state index contributed by atoms with van der Waals surface area (Å²) < 4.78 is 16.8. The topological polar surface area (TPSA) is 125 Å². The van der Waals surface area contributed by atoms with Crippen LogP contribution in [0.2, 0.25) is 10.0 Å². The van der Waals surface area contributed by atoms with Gasteiger partial charge in [0.1, 0.15) is 5.69 Å². The number of carbonyl (C=O) groups is 3. The molecule has 3 amide bonds. The average Bonchev–Trinajstić information content (AvgIpc) is 3.28. The van der Waals surface area contributed by atoms with E-state index in [2.05, 4.69) is 33.5 Å². The largest absolute Gasteiger partial charge is 0.348 e. The van der Waals surface area contributed by atoms with Crippen molar-refractivity contribution in [1.29, 1.82) is 0 Å². The quantitative estimate of drug-likeness (QED) is 0.265. The van der Waals surface area contributed by atoms with E-state index in [-0.39, 0.29) is 38.9 Å². The van der Waals surface area contributed by atoms with E-state index in [1.807, 2.05) is 0 Å². The predicted octanol–water partition coefficient (Wildman–Crippen LogP) is 3.99. The SMILES string of the molecule is C=CC(=O)Nc1cccc(S(=C)(=O)N2CCC(NC(=O)c3c(NC(=O)c4c(Cl)cccc4Cl)cnn3C)CC2)c1. The van der Waals surface area contributed by atoms with Crippen molar-refractivity contribution in [2.75, 3.05) is 23.7 Å². The fraction of sp³-hybridized carbons (Fsp3) is 0.222. The van der Waals surface area contributed by atoms with E-state index in [0.29, 0.717) is 36.5 Å². The minimum atomic E-state index is -2.82. The molecule has 1 unspecified atom stereocenters. The number of benzene rings is 2. The van der Waals surface area contributed by atoms with Crippen molar-refractivity contribution in [2.24, 2.45) is 7.05 Å². The summed E-state index contributed by atoms with van der Waals surface area (Å²) in [6, 6.07) is 11.3. The van der Waals surface area contributed by atoms with Crippen LogP contribution >= 0.6 is 23.2 Å². The first-order valence-electron chi connectivity index (χ1n) is 12.3. The molecule has 1 fully saturated rings. The summed E-state index contributed by atoms with van der Waals surface area (Å²) in [7, 11) is -1.23. The number of nitrogens with one attached hydrogen (secondary N) is 3. The number of aromatic nitrogens is 2. The van der Waals surface area contributed by atoms with Gasteiger partial charge in [0.15, 0.2) is 0 Å². The van der Waals surface area contributed by atoms with Gasteiger partial charge in [-0.2, -0.15) is 5.10 Å². The van der Waals surface area contributed by atoms with Crippen molar-refractivity contribution in [3.63, 3.8) is 0 Å². The van der Waals surface area contributed by atoms with Crippen LogP contribution in [0.1, 0.15) is 33.7 Å². The first-order chi connectivity index (χ1) is 19.0. The van der Waals surface area contributed by atoms with Crippen molar-refractivity contribution < 1.29 is 18.6 Å². The Morgan fingerprint density at radius 1 is 1.05 bits per heavy atom. The molecule has 2 aromatic carbocycles. The number of anilines is 2. The van der Waals surface area contributed by atoms with Gasteiger partial charge < -0.3 is 16.0 Å². The maximum Gasteiger partial charge on any atom is 0.271 e. The van der Waals surface area contributed by atoms with E-state index >= 15 is 0 Å². The average molecular weight is 604 g/mol. The summed E-state index contributed by atoms with van der Waals surface area (Å²) in [6.45, 7) is 4.29. The molecule has 1 saturated heterocycles. The maximum atomic E-state index is 13.6. The maximum absolute atomic E-state index is 13.6. The Bertz CT molecular complexity index is 1560. The van der Waals surface area contributed by atoms with E-state index in [9.17, 15) is 18.6 Å². The Kier molecular flexibility index (Phi) is 8.99. The smallest absolute Gasteiger partial charge is 0.271 e. The van der Waals surface area contributed by atoms with Crippen LogP contribution < -0.4 is 16.0 Å². The Hall–Kier alpha value is -3.64. The Morgan fingerprint density at radius 3 is 2.35 bits per heavy atom. The molecule has 0 saturated carbocycles.